The first-order chi connectivity index (χ1) is 7.22. The van der Waals surface area contributed by atoms with Crippen molar-refractivity contribution in [3.63, 3.8) is 0 Å². The first kappa shape index (κ1) is 14.7. The van der Waals surface area contributed by atoms with Crippen LogP contribution >= 0.6 is 0 Å². The number of amides is 2. The summed E-state index contributed by atoms with van der Waals surface area (Å²) in [4.78, 5) is 22.3. The van der Waals surface area contributed by atoms with Gasteiger partial charge in [-0.2, -0.15) is 0 Å². The first-order valence-electron chi connectivity index (χ1n) is 5.45. The molecule has 0 atom stereocenters. The van der Waals surface area contributed by atoms with Crippen molar-refractivity contribution >= 4 is 12.0 Å². The van der Waals surface area contributed by atoms with Crippen molar-refractivity contribution in [2.24, 2.45) is 5.92 Å². The number of carbonyl (C=O) groups is 2. The molecule has 2 amide bonds. The zero-order chi connectivity index (χ0) is 12.8. The third-order valence-electron chi connectivity index (χ3n) is 1.59. The minimum absolute atomic E-state index is 0.136. The predicted octanol–water partition coefficient (Wildman–Crippen LogP) is 1.28. The van der Waals surface area contributed by atoms with Crippen molar-refractivity contribution in [2.45, 2.75) is 40.2 Å². The fourth-order valence-corrected chi connectivity index (χ4v) is 0.868. The summed E-state index contributed by atoms with van der Waals surface area (Å²) in [6.45, 7) is 9.74. The SMILES string of the molecule is CC(C)C(=O)OCCNC(=O)NC(C)(C)C. The molecule has 94 valence electrons. The highest BCUT2D eigenvalue weighted by Gasteiger charge is 2.13. The third kappa shape index (κ3) is 8.08. The van der Waals surface area contributed by atoms with E-state index in [-0.39, 0.29) is 30.1 Å². The molecule has 0 radical (unpaired) electrons. The molecule has 0 aliphatic carbocycles. The van der Waals surface area contributed by atoms with Gasteiger partial charge in [-0.15, -0.1) is 0 Å². The molecule has 5 nitrogen and oxygen atoms in total. The van der Waals surface area contributed by atoms with Crippen LogP contribution in [0.4, 0.5) is 4.79 Å². The molecule has 0 unspecified atom stereocenters. The fourth-order valence-electron chi connectivity index (χ4n) is 0.868. The molecule has 0 saturated heterocycles. The van der Waals surface area contributed by atoms with E-state index in [0.29, 0.717) is 6.54 Å². The van der Waals surface area contributed by atoms with Crippen LogP contribution in [0.15, 0.2) is 0 Å². The Morgan fingerprint density at radius 3 is 2.25 bits per heavy atom. The van der Waals surface area contributed by atoms with Crippen molar-refractivity contribution in [1.82, 2.24) is 10.6 Å². The summed E-state index contributed by atoms with van der Waals surface area (Å²) in [6.07, 6.45) is 0. The monoisotopic (exact) mass is 230 g/mol. The standard InChI is InChI=1S/C11H22N2O3/c1-8(2)9(14)16-7-6-12-10(15)13-11(3,4)5/h8H,6-7H2,1-5H3,(H2,12,13,15). The summed E-state index contributed by atoms with van der Waals surface area (Å²) in [7, 11) is 0. The van der Waals surface area contributed by atoms with Gasteiger partial charge in [0.25, 0.3) is 0 Å². The van der Waals surface area contributed by atoms with Crippen LogP contribution in [0.5, 0.6) is 0 Å². The summed E-state index contributed by atoms with van der Waals surface area (Å²) >= 11 is 0. The van der Waals surface area contributed by atoms with Crippen LogP contribution in [-0.2, 0) is 9.53 Å². The molecule has 0 aromatic heterocycles. The molecule has 5 heteroatoms. The number of hydrogen-bond acceptors (Lipinski definition) is 3. The van der Waals surface area contributed by atoms with E-state index in [1.807, 2.05) is 20.8 Å². The second-order valence-electron chi connectivity index (χ2n) is 4.95. The molecule has 0 aromatic rings. The average Bonchev–Trinajstić information content (AvgIpc) is 2.08. The van der Waals surface area contributed by atoms with Gasteiger partial charge in [-0.1, -0.05) is 13.8 Å². The van der Waals surface area contributed by atoms with Gasteiger partial charge in [0.2, 0.25) is 0 Å². The molecule has 0 rings (SSSR count). The first-order valence-corrected chi connectivity index (χ1v) is 5.45. The van der Waals surface area contributed by atoms with Crippen LogP contribution in [0.2, 0.25) is 0 Å². The molecular formula is C11H22N2O3. The molecule has 0 bridgehead atoms. The Morgan fingerprint density at radius 1 is 1.25 bits per heavy atom. The normalized spacial score (nSPS) is 11.1. The van der Waals surface area contributed by atoms with Crippen molar-refractivity contribution < 1.29 is 14.3 Å². The van der Waals surface area contributed by atoms with E-state index in [9.17, 15) is 9.59 Å². The van der Waals surface area contributed by atoms with Gasteiger partial charge in [0.05, 0.1) is 12.5 Å². The highest BCUT2D eigenvalue weighted by atomic mass is 16.5. The summed E-state index contributed by atoms with van der Waals surface area (Å²) in [6, 6.07) is -0.256. The van der Waals surface area contributed by atoms with Crippen molar-refractivity contribution in [2.75, 3.05) is 13.2 Å². The molecule has 16 heavy (non-hydrogen) atoms. The van der Waals surface area contributed by atoms with Crippen molar-refractivity contribution in [1.29, 1.82) is 0 Å². The maximum atomic E-state index is 11.3. The number of rotatable bonds is 4. The van der Waals surface area contributed by atoms with Gasteiger partial charge in [0.15, 0.2) is 0 Å². The van der Waals surface area contributed by atoms with E-state index in [1.54, 1.807) is 13.8 Å². The number of carbonyl (C=O) groups excluding carboxylic acids is 2. The maximum Gasteiger partial charge on any atom is 0.315 e. The molecule has 2 N–H and O–H groups in total. The summed E-state index contributed by atoms with van der Waals surface area (Å²) in [5.41, 5.74) is -0.265. The lowest BCUT2D eigenvalue weighted by molar-refractivity contribution is -0.147. The topological polar surface area (TPSA) is 67.4 Å². The molecule has 0 heterocycles. The highest BCUT2D eigenvalue weighted by Crippen LogP contribution is 1.97. The van der Waals surface area contributed by atoms with Gasteiger partial charge in [0, 0.05) is 5.54 Å². The van der Waals surface area contributed by atoms with Gasteiger partial charge < -0.3 is 15.4 Å². The van der Waals surface area contributed by atoms with Gasteiger partial charge in [-0.05, 0) is 20.8 Å². The van der Waals surface area contributed by atoms with Crippen molar-refractivity contribution in [3.05, 3.63) is 0 Å². The van der Waals surface area contributed by atoms with Gasteiger partial charge in [-0.25, -0.2) is 4.79 Å². The van der Waals surface area contributed by atoms with Gasteiger partial charge >= 0.3 is 12.0 Å². The van der Waals surface area contributed by atoms with Crippen LogP contribution in [0.25, 0.3) is 0 Å². The largest absolute Gasteiger partial charge is 0.464 e. The van der Waals surface area contributed by atoms with E-state index in [1.165, 1.54) is 0 Å². The molecule has 0 saturated carbocycles. The number of esters is 1. The van der Waals surface area contributed by atoms with Crippen LogP contribution in [0.1, 0.15) is 34.6 Å². The molecule has 0 spiro atoms. The Bertz CT molecular complexity index is 244. The van der Waals surface area contributed by atoms with Gasteiger partial charge in [-0.3, -0.25) is 4.79 Å². The number of hydrogen-bond donors (Lipinski definition) is 2. The molecule has 0 aromatic carbocycles. The van der Waals surface area contributed by atoms with Crippen LogP contribution in [-0.4, -0.2) is 30.7 Å². The fraction of sp³-hybridized carbons (Fsp3) is 0.818. The van der Waals surface area contributed by atoms with Crippen LogP contribution < -0.4 is 10.6 Å². The zero-order valence-corrected chi connectivity index (χ0v) is 10.7. The Morgan fingerprint density at radius 2 is 1.81 bits per heavy atom. The lowest BCUT2D eigenvalue weighted by Gasteiger charge is -2.20. The third-order valence-corrected chi connectivity index (χ3v) is 1.59. The maximum absolute atomic E-state index is 11.3. The van der Waals surface area contributed by atoms with Crippen molar-refractivity contribution in [3.8, 4) is 0 Å². The van der Waals surface area contributed by atoms with Crippen LogP contribution in [0.3, 0.4) is 0 Å². The van der Waals surface area contributed by atoms with E-state index < -0.39 is 0 Å². The number of ether oxygens (including phenoxy) is 1. The summed E-state index contributed by atoms with van der Waals surface area (Å²) in [5.74, 6) is -0.388. The Kier molecular flexibility index (Phi) is 5.85. The second kappa shape index (κ2) is 6.35. The van der Waals surface area contributed by atoms with E-state index in [4.69, 9.17) is 4.74 Å². The predicted molar refractivity (Wildman–Crippen MR) is 62.1 cm³/mol. The molecule has 0 fully saturated rings. The Balaban J connectivity index is 3.60. The smallest absolute Gasteiger partial charge is 0.315 e. The number of urea groups is 1. The zero-order valence-electron chi connectivity index (χ0n) is 10.7. The highest BCUT2D eigenvalue weighted by molar-refractivity contribution is 5.74. The lowest BCUT2D eigenvalue weighted by atomic mass is 10.1. The summed E-state index contributed by atoms with van der Waals surface area (Å²) in [5, 5.41) is 5.35. The van der Waals surface area contributed by atoms with Gasteiger partial charge in [0.1, 0.15) is 6.61 Å². The number of nitrogens with one attached hydrogen (secondary N) is 2. The minimum Gasteiger partial charge on any atom is -0.464 e. The van der Waals surface area contributed by atoms with Crippen LogP contribution in [0, 0.1) is 5.92 Å². The average molecular weight is 230 g/mol. The molecular weight excluding hydrogens is 208 g/mol. The summed E-state index contributed by atoms with van der Waals surface area (Å²) < 4.78 is 4.90. The molecule has 0 aliphatic rings. The molecule has 0 aliphatic heterocycles. The minimum atomic E-state index is -0.265. The Labute approximate surface area is 96.9 Å². The Hall–Kier alpha value is -1.26. The van der Waals surface area contributed by atoms with E-state index >= 15 is 0 Å². The quantitative estimate of drug-likeness (QED) is 0.565. The second-order valence-corrected chi connectivity index (χ2v) is 4.95. The van der Waals surface area contributed by atoms with E-state index in [2.05, 4.69) is 10.6 Å². The lowest BCUT2D eigenvalue weighted by Crippen LogP contribution is -2.47. The van der Waals surface area contributed by atoms with E-state index in [0.717, 1.165) is 0 Å².